The topological polar surface area (TPSA) is 78.9 Å². The fourth-order valence-corrected chi connectivity index (χ4v) is 10.4. The number of hydrogen-bond acceptors (Lipinski definition) is 6. The molecule has 0 saturated heterocycles. The standard InChI is InChI=1S/C75H134O6/c1-4-7-10-13-16-19-22-25-28-31-34-36-37-39-41-44-47-50-53-56-59-62-65-68-74(77)80-71-72(70-79-73(76)67-64-61-58-55-52-49-46-43-40-33-30-27-24-21-18-15-12-9-6-3)81-75(78)69-66-63-60-57-54-51-48-45-42-38-35-32-29-26-23-20-17-14-11-8-5-2/h9,12,18,21,27,30,32,35,40,43,49,52,72H,4-8,10-11,13-17,19-20,22-26,28-29,31,33-34,36-39,41-42,44-48,50-51,53-71H2,1-3H3/b12-9-,21-18-,30-27-,35-32-,43-40-,52-49-. The van der Waals surface area contributed by atoms with Crippen molar-refractivity contribution >= 4 is 17.9 Å². The van der Waals surface area contributed by atoms with E-state index in [1.165, 1.54) is 231 Å². The van der Waals surface area contributed by atoms with Crippen LogP contribution in [0.25, 0.3) is 0 Å². The Kier molecular flexibility index (Phi) is 66.6. The minimum atomic E-state index is -0.791. The molecule has 1 unspecified atom stereocenters. The van der Waals surface area contributed by atoms with Gasteiger partial charge in [-0.2, -0.15) is 0 Å². The fourth-order valence-electron chi connectivity index (χ4n) is 10.4. The molecule has 0 aliphatic rings. The molecule has 470 valence electrons. The summed E-state index contributed by atoms with van der Waals surface area (Å²) in [5, 5.41) is 0. The van der Waals surface area contributed by atoms with E-state index in [0.717, 1.165) is 96.3 Å². The van der Waals surface area contributed by atoms with E-state index in [9.17, 15) is 14.4 Å². The largest absolute Gasteiger partial charge is 0.462 e. The van der Waals surface area contributed by atoms with Crippen LogP contribution in [0.4, 0.5) is 0 Å². The molecule has 0 N–H and O–H groups in total. The molecule has 0 aromatic heterocycles. The minimum absolute atomic E-state index is 0.0833. The zero-order valence-electron chi connectivity index (χ0n) is 54.1. The van der Waals surface area contributed by atoms with Crippen molar-refractivity contribution in [2.24, 2.45) is 0 Å². The van der Waals surface area contributed by atoms with Crippen molar-refractivity contribution in [2.45, 2.75) is 374 Å². The summed E-state index contributed by atoms with van der Waals surface area (Å²) in [6, 6.07) is 0. The first-order valence-electron chi connectivity index (χ1n) is 35.4. The van der Waals surface area contributed by atoms with Crippen LogP contribution in [0.5, 0.6) is 0 Å². The lowest BCUT2D eigenvalue weighted by Crippen LogP contribution is -2.30. The maximum absolute atomic E-state index is 13.0. The first kappa shape index (κ1) is 77.9. The highest BCUT2D eigenvalue weighted by molar-refractivity contribution is 5.71. The highest BCUT2D eigenvalue weighted by atomic mass is 16.6. The van der Waals surface area contributed by atoms with E-state index in [1.807, 2.05) is 0 Å². The van der Waals surface area contributed by atoms with E-state index in [0.29, 0.717) is 19.3 Å². The van der Waals surface area contributed by atoms with Gasteiger partial charge in [0.05, 0.1) is 0 Å². The second-order valence-corrected chi connectivity index (χ2v) is 23.8. The molecule has 1 atom stereocenters. The molecule has 0 spiro atoms. The van der Waals surface area contributed by atoms with Crippen LogP contribution in [0.3, 0.4) is 0 Å². The third-order valence-corrected chi connectivity index (χ3v) is 15.7. The van der Waals surface area contributed by atoms with Crippen LogP contribution in [0.2, 0.25) is 0 Å². The summed E-state index contributed by atoms with van der Waals surface area (Å²) in [5.41, 5.74) is 0. The van der Waals surface area contributed by atoms with Gasteiger partial charge in [-0.3, -0.25) is 14.4 Å². The van der Waals surface area contributed by atoms with E-state index in [1.54, 1.807) is 0 Å². The smallest absolute Gasteiger partial charge is 0.306 e. The molecular formula is C75H134O6. The summed E-state index contributed by atoms with van der Waals surface area (Å²) in [6.07, 6.45) is 90.7. The predicted octanol–water partition coefficient (Wildman–Crippen LogP) is 24.4. The van der Waals surface area contributed by atoms with Crippen LogP contribution in [0.15, 0.2) is 72.9 Å². The van der Waals surface area contributed by atoms with Crippen molar-refractivity contribution in [1.82, 2.24) is 0 Å². The van der Waals surface area contributed by atoms with Gasteiger partial charge in [0.25, 0.3) is 0 Å². The number of carbonyl (C=O) groups excluding carboxylic acids is 3. The average molecular weight is 1130 g/mol. The molecule has 0 radical (unpaired) electrons. The Labute approximate surface area is 503 Å². The number of ether oxygens (including phenoxy) is 3. The molecule has 0 aromatic carbocycles. The third kappa shape index (κ3) is 67.5. The third-order valence-electron chi connectivity index (χ3n) is 15.7. The SMILES string of the molecule is CC/C=C\C/C=C\C/C=C\C/C=C\C/C=C\CCCCCC(=O)OCC(COC(=O)CCCCCCCCCCCCCCCCCCCCCCCCC)OC(=O)CCCCCCCCCCC/C=C\CCCCCCCCCC. The highest BCUT2D eigenvalue weighted by Crippen LogP contribution is 2.18. The van der Waals surface area contributed by atoms with Gasteiger partial charge in [0, 0.05) is 19.3 Å². The minimum Gasteiger partial charge on any atom is -0.462 e. The first-order valence-corrected chi connectivity index (χ1v) is 35.4. The van der Waals surface area contributed by atoms with Gasteiger partial charge in [0.2, 0.25) is 0 Å². The second kappa shape index (κ2) is 69.3. The van der Waals surface area contributed by atoms with Crippen LogP contribution >= 0.6 is 0 Å². The van der Waals surface area contributed by atoms with E-state index >= 15 is 0 Å². The molecule has 0 heterocycles. The van der Waals surface area contributed by atoms with Crippen molar-refractivity contribution in [3.05, 3.63) is 72.9 Å². The fraction of sp³-hybridized carbons (Fsp3) is 0.800. The second-order valence-electron chi connectivity index (χ2n) is 23.8. The number of esters is 3. The predicted molar refractivity (Wildman–Crippen MR) is 353 cm³/mol. The van der Waals surface area contributed by atoms with E-state index in [4.69, 9.17) is 14.2 Å². The molecule has 0 amide bonds. The molecular weight excluding hydrogens is 997 g/mol. The monoisotopic (exact) mass is 1130 g/mol. The molecule has 0 aliphatic heterocycles. The van der Waals surface area contributed by atoms with Crippen molar-refractivity contribution in [3.8, 4) is 0 Å². The van der Waals surface area contributed by atoms with Crippen molar-refractivity contribution < 1.29 is 28.6 Å². The Balaban J connectivity index is 4.37. The lowest BCUT2D eigenvalue weighted by molar-refractivity contribution is -0.167. The summed E-state index contributed by atoms with van der Waals surface area (Å²) in [4.78, 5) is 38.5. The molecule has 0 aromatic rings. The van der Waals surface area contributed by atoms with Gasteiger partial charge < -0.3 is 14.2 Å². The Hall–Kier alpha value is -3.15. The molecule has 6 nitrogen and oxygen atoms in total. The Morgan fingerprint density at radius 3 is 0.778 bits per heavy atom. The van der Waals surface area contributed by atoms with Crippen LogP contribution in [-0.4, -0.2) is 37.2 Å². The lowest BCUT2D eigenvalue weighted by Gasteiger charge is -2.18. The number of rotatable bonds is 65. The Morgan fingerprint density at radius 2 is 0.481 bits per heavy atom. The van der Waals surface area contributed by atoms with E-state index in [2.05, 4.69) is 93.7 Å². The molecule has 0 saturated carbocycles. The zero-order valence-corrected chi connectivity index (χ0v) is 54.1. The van der Waals surface area contributed by atoms with Crippen LogP contribution in [0, 0.1) is 0 Å². The first-order chi connectivity index (χ1) is 40.0. The summed E-state index contributed by atoms with van der Waals surface area (Å²) in [5.74, 6) is -0.896. The van der Waals surface area contributed by atoms with E-state index in [-0.39, 0.29) is 31.1 Å². The Bertz CT molecular complexity index is 1490. The quantitative estimate of drug-likeness (QED) is 0.0261. The number of allylic oxidation sites excluding steroid dienone is 12. The molecule has 81 heavy (non-hydrogen) atoms. The molecule has 0 bridgehead atoms. The van der Waals surface area contributed by atoms with Crippen molar-refractivity contribution in [2.75, 3.05) is 13.2 Å². The van der Waals surface area contributed by atoms with Crippen LogP contribution in [-0.2, 0) is 28.6 Å². The maximum atomic E-state index is 13.0. The number of unbranched alkanes of at least 4 members (excludes halogenated alkanes) is 42. The van der Waals surface area contributed by atoms with E-state index < -0.39 is 6.10 Å². The van der Waals surface area contributed by atoms with Gasteiger partial charge in [0.1, 0.15) is 13.2 Å². The highest BCUT2D eigenvalue weighted by Gasteiger charge is 2.19. The van der Waals surface area contributed by atoms with Crippen LogP contribution < -0.4 is 0 Å². The van der Waals surface area contributed by atoms with Crippen molar-refractivity contribution in [1.29, 1.82) is 0 Å². The van der Waals surface area contributed by atoms with Crippen LogP contribution in [0.1, 0.15) is 367 Å². The molecule has 0 aliphatic carbocycles. The van der Waals surface area contributed by atoms with Gasteiger partial charge in [-0.25, -0.2) is 0 Å². The van der Waals surface area contributed by atoms with Gasteiger partial charge in [-0.05, 0) is 89.9 Å². The zero-order chi connectivity index (χ0) is 58.5. The molecule has 0 rings (SSSR count). The van der Waals surface area contributed by atoms with Crippen molar-refractivity contribution in [3.63, 3.8) is 0 Å². The maximum Gasteiger partial charge on any atom is 0.306 e. The lowest BCUT2D eigenvalue weighted by atomic mass is 10.0. The summed E-state index contributed by atoms with van der Waals surface area (Å²) in [6.45, 7) is 6.56. The van der Waals surface area contributed by atoms with Gasteiger partial charge >= 0.3 is 17.9 Å². The Morgan fingerprint density at radius 1 is 0.259 bits per heavy atom. The summed E-state index contributed by atoms with van der Waals surface area (Å²) < 4.78 is 17.0. The van der Waals surface area contributed by atoms with Gasteiger partial charge in [0.15, 0.2) is 6.10 Å². The molecule has 6 heteroatoms. The van der Waals surface area contributed by atoms with Gasteiger partial charge in [-0.1, -0.05) is 331 Å². The number of carbonyl (C=O) groups is 3. The summed E-state index contributed by atoms with van der Waals surface area (Å²) in [7, 11) is 0. The summed E-state index contributed by atoms with van der Waals surface area (Å²) >= 11 is 0. The normalized spacial score (nSPS) is 12.5. The molecule has 0 fully saturated rings. The van der Waals surface area contributed by atoms with Gasteiger partial charge in [-0.15, -0.1) is 0 Å². The average Bonchev–Trinajstić information content (AvgIpc) is 3.47. The number of hydrogen-bond donors (Lipinski definition) is 0.